The van der Waals surface area contributed by atoms with Gasteiger partial charge in [-0.25, -0.2) is 0 Å². The highest BCUT2D eigenvalue weighted by Crippen LogP contribution is 2.40. The minimum atomic E-state index is 0.143. The van der Waals surface area contributed by atoms with Gasteiger partial charge in [-0.2, -0.15) is 0 Å². The van der Waals surface area contributed by atoms with E-state index in [4.69, 9.17) is 11.6 Å². The Morgan fingerprint density at radius 2 is 2.00 bits per heavy atom. The van der Waals surface area contributed by atoms with Crippen molar-refractivity contribution >= 4 is 28.4 Å². The number of hydrogen-bond donors (Lipinski definition) is 1. The summed E-state index contributed by atoms with van der Waals surface area (Å²) in [5.74, 6) is 0.992. The summed E-state index contributed by atoms with van der Waals surface area (Å²) in [6.07, 6.45) is 6.74. The number of rotatable bonds is 2. The van der Waals surface area contributed by atoms with Crippen LogP contribution in [0, 0.1) is 11.8 Å². The van der Waals surface area contributed by atoms with E-state index in [1.54, 1.807) is 0 Å². The van der Waals surface area contributed by atoms with Crippen molar-refractivity contribution in [3.8, 4) is 0 Å². The zero-order valence-electron chi connectivity index (χ0n) is 15.1. The minimum Gasteiger partial charge on any atom is -0.356 e. The number of carbonyl (C=O) groups excluding carboxylic acids is 1. The summed E-state index contributed by atoms with van der Waals surface area (Å²) < 4.78 is 0. The van der Waals surface area contributed by atoms with Gasteiger partial charge in [-0.15, -0.1) is 0 Å². The van der Waals surface area contributed by atoms with Crippen molar-refractivity contribution in [2.75, 3.05) is 6.54 Å². The largest absolute Gasteiger partial charge is 0.356 e. The number of carbonyl (C=O) groups is 1. The van der Waals surface area contributed by atoms with E-state index in [0.717, 1.165) is 36.3 Å². The lowest BCUT2D eigenvalue weighted by molar-refractivity contribution is -0.140. The Kier molecular flexibility index (Phi) is 4.53. The molecule has 2 aliphatic rings. The molecule has 1 aromatic heterocycles. The van der Waals surface area contributed by atoms with Crippen LogP contribution in [0.4, 0.5) is 0 Å². The molecule has 0 bridgehead atoms. The van der Waals surface area contributed by atoms with Gasteiger partial charge in [0.15, 0.2) is 0 Å². The van der Waals surface area contributed by atoms with Crippen LogP contribution < -0.4 is 0 Å². The van der Waals surface area contributed by atoms with Gasteiger partial charge >= 0.3 is 0 Å². The molecule has 3 nitrogen and oxygen atoms in total. The first-order chi connectivity index (χ1) is 12.1. The van der Waals surface area contributed by atoms with Crippen LogP contribution in [0.3, 0.4) is 0 Å². The van der Waals surface area contributed by atoms with Crippen LogP contribution in [0.1, 0.15) is 63.3 Å². The molecule has 25 heavy (non-hydrogen) atoms. The van der Waals surface area contributed by atoms with Crippen LogP contribution >= 0.6 is 11.6 Å². The smallest absolute Gasteiger partial charge is 0.226 e. The highest BCUT2D eigenvalue weighted by molar-refractivity contribution is 6.31. The monoisotopic (exact) mass is 358 g/mol. The van der Waals surface area contributed by atoms with Crippen molar-refractivity contribution in [3.63, 3.8) is 0 Å². The van der Waals surface area contributed by atoms with Crippen molar-refractivity contribution in [1.29, 1.82) is 0 Å². The van der Waals surface area contributed by atoms with Crippen LogP contribution in [-0.4, -0.2) is 22.3 Å². The van der Waals surface area contributed by atoms with E-state index in [0.29, 0.717) is 11.8 Å². The van der Waals surface area contributed by atoms with Gasteiger partial charge in [0, 0.05) is 34.1 Å². The van der Waals surface area contributed by atoms with Gasteiger partial charge in [0.1, 0.15) is 0 Å². The molecule has 4 rings (SSSR count). The van der Waals surface area contributed by atoms with Crippen molar-refractivity contribution in [3.05, 3.63) is 34.5 Å². The topological polar surface area (TPSA) is 36.1 Å². The maximum Gasteiger partial charge on any atom is 0.226 e. The molecule has 1 amide bonds. The molecule has 1 fully saturated rings. The number of H-pyrrole nitrogens is 1. The van der Waals surface area contributed by atoms with E-state index < -0.39 is 0 Å². The molecule has 2 aromatic rings. The fraction of sp³-hybridized carbons (Fsp3) is 0.571. The van der Waals surface area contributed by atoms with E-state index in [2.05, 4.69) is 29.8 Å². The van der Waals surface area contributed by atoms with Gasteiger partial charge in [0.05, 0.1) is 6.04 Å². The molecule has 1 aliphatic heterocycles. The quantitative estimate of drug-likeness (QED) is 0.757. The molecule has 1 N–H and O–H groups in total. The van der Waals surface area contributed by atoms with Crippen LogP contribution in [0.5, 0.6) is 0 Å². The summed E-state index contributed by atoms with van der Waals surface area (Å²) in [6, 6.07) is 6.22. The summed E-state index contributed by atoms with van der Waals surface area (Å²) in [6.45, 7) is 5.28. The zero-order valence-corrected chi connectivity index (χ0v) is 15.9. The molecule has 1 aromatic carbocycles. The number of aromatic nitrogens is 1. The minimum absolute atomic E-state index is 0.143. The summed E-state index contributed by atoms with van der Waals surface area (Å²) in [4.78, 5) is 19.0. The fourth-order valence-electron chi connectivity index (χ4n) is 4.82. The average molecular weight is 359 g/mol. The molecule has 1 saturated carbocycles. The van der Waals surface area contributed by atoms with Gasteiger partial charge in [-0.05, 0) is 42.9 Å². The second-order valence-electron chi connectivity index (χ2n) is 8.01. The Morgan fingerprint density at radius 3 is 2.72 bits per heavy atom. The SMILES string of the molecule is CC(C)C1c2[nH]c3cc(Cl)ccc3c2CCN1C(=O)C1CCCCC1. The van der Waals surface area contributed by atoms with Gasteiger partial charge in [0.2, 0.25) is 5.91 Å². The highest BCUT2D eigenvalue weighted by Gasteiger charge is 2.37. The van der Waals surface area contributed by atoms with Crippen LogP contribution in [0.15, 0.2) is 18.2 Å². The van der Waals surface area contributed by atoms with Crippen LogP contribution in [0.2, 0.25) is 5.02 Å². The van der Waals surface area contributed by atoms with E-state index in [1.165, 1.54) is 35.9 Å². The normalized spacial score (nSPS) is 21.8. The van der Waals surface area contributed by atoms with Crippen LogP contribution in [0.25, 0.3) is 10.9 Å². The van der Waals surface area contributed by atoms with Crippen molar-refractivity contribution in [1.82, 2.24) is 9.88 Å². The molecule has 1 aliphatic carbocycles. The van der Waals surface area contributed by atoms with Gasteiger partial charge in [-0.3, -0.25) is 4.79 Å². The molecule has 0 saturated heterocycles. The van der Waals surface area contributed by atoms with Crippen molar-refractivity contribution in [2.45, 2.75) is 58.4 Å². The second-order valence-corrected chi connectivity index (χ2v) is 8.45. The van der Waals surface area contributed by atoms with Gasteiger partial charge in [0.25, 0.3) is 0 Å². The molecule has 4 heteroatoms. The number of benzene rings is 1. The molecule has 134 valence electrons. The second kappa shape index (κ2) is 6.68. The lowest BCUT2D eigenvalue weighted by Gasteiger charge is -2.40. The molecule has 1 unspecified atom stereocenters. The van der Waals surface area contributed by atoms with E-state index in [9.17, 15) is 4.79 Å². The number of nitrogens with one attached hydrogen (secondary N) is 1. The lowest BCUT2D eigenvalue weighted by Crippen LogP contribution is -2.45. The third kappa shape index (κ3) is 2.97. The Bertz CT molecular complexity index is 789. The highest BCUT2D eigenvalue weighted by atomic mass is 35.5. The molecular formula is C21H27ClN2O. The number of aromatic amines is 1. The summed E-state index contributed by atoms with van der Waals surface area (Å²) in [5, 5.41) is 2.01. The Labute approximate surface area is 154 Å². The van der Waals surface area contributed by atoms with E-state index >= 15 is 0 Å². The molecule has 0 radical (unpaired) electrons. The average Bonchev–Trinajstić information content (AvgIpc) is 2.98. The molecular weight excluding hydrogens is 332 g/mol. The van der Waals surface area contributed by atoms with Crippen LogP contribution in [-0.2, 0) is 11.2 Å². The standard InChI is InChI=1S/C21H27ClN2O/c1-13(2)20-19-17(16-9-8-15(22)12-18(16)23-19)10-11-24(20)21(25)14-6-4-3-5-7-14/h8-9,12-14,20,23H,3-7,10-11H2,1-2H3. The zero-order chi connectivity index (χ0) is 17.6. The summed E-state index contributed by atoms with van der Waals surface area (Å²) in [7, 11) is 0. The van der Waals surface area contributed by atoms with Gasteiger partial charge in [-0.1, -0.05) is 50.8 Å². The maximum atomic E-state index is 13.2. The predicted octanol–water partition coefficient (Wildman–Crippen LogP) is 5.48. The maximum absolute atomic E-state index is 13.2. The third-order valence-corrected chi connectivity index (χ3v) is 6.24. The third-order valence-electron chi connectivity index (χ3n) is 6.00. The molecule has 2 heterocycles. The van der Waals surface area contributed by atoms with Crippen molar-refractivity contribution in [2.24, 2.45) is 11.8 Å². The first-order valence-corrected chi connectivity index (χ1v) is 10.0. The van der Waals surface area contributed by atoms with E-state index in [-0.39, 0.29) is 12.0 Å². The van der Waals surface area contributed by atoms with E-state index in [1.807, 2.05) is 12.1 Å². The predicted molar refractivity (Wildman–Crippen MR) is 103 cm³/mol. The lowest BCUT2D eigenvalue weighted by atomic mass is 9.85. The first kappa shape index (κ1) is 17.0. The molecule has 1 atom stereocenters. The van der Waals surface area contributed by atoms with Gasteiger partial charge < -0.3 is 9.88 Å². The Morgan fingerprint density at radius 1 is 1.24 bits per heavy atom. The molecule has 0 spiro atoms. The summed E-state index contributed by atoms with van der Waals surface area (Å²) >= 11 is 6.18. The Hall–Kier alpha value is -1.48. The summed E-state index contributed by atoms with van der Waals surface area (Å²) in [5.41, 5.74) is 3.69. The Balaban J connectivity index is 1.72. The number of nitrogens with zero attached hydrogens (tertiary/aromatic N) is 1. The number of fused-ring (bicyclic) bond motifs is 3. The number of amides is 1. The number of hydrogen-bond acceptors (Lipinski definition) is 1. The number of halogens is 1. The fourth-order valence-corrected chi connectivity index (χ4v) is 4.99. The van der Waals surface area contributed by atoms with Crippen molar-refractivity contribution < 1.29 is 4.79 Å². The first-order valence-electron chi connectivity index (χ1n) is 9.66.